The van der Waals surface area contributed by atoms with E-state index in [9.17, 15) is 13.2 Å². The van der Waals surface area contributed by atoms with Crippen LogP contribution in [-0.4, -0.2) is 22.8 Å². The summed E-state index contributed by atoms with van der Waals surface area (Å²) in [6.07, 6.45) is 0. The van der Waals surface area contributed by atoms with Crippen LogP contribution in [0.2, 0.25) is 5.02 Å². The quantitative estimate of drug-likeness (QED) is 0.643. The second kappa shape index (κ2) is 6.49. The van der Waals surface area contributed by atoms with Crippen LogP contribution < -0.4 is 11.1 Å². The third kappa shape index (κ3) is 4.91. The van der Waals surface area contributed by atoms with Crippen LogP contribution in [-0.2, 0) is 0 Å². The lowest BCUT2D eigenvalue weighted by molar-refractivity contribution is -0.0327. The van der Waals surface area contributed by atoms with Crippen molar-refractivity contribution in [1.29, 1.82) is 0 Å². The van der Waals surface area contributed by atoms with E-state index >= 15 is 0 Å². The second-order valence-corrected chi connectivity index (χ2v) is 5.25. The molecule has 0 aliphatic rings. The van der Waals surface area contributed by atoms with Gasteiger partial charge in [-0.25, -0.2) is 0 Å². The van der Waals surface area contributed by atoms with Crippen LogP contribution in [0.15, 0.2) is 18.2 Å². The lowest BCUT2D eigenvalue weighted by Crippen LogP contribution is -2.16. The third-order valence-corrected chi connectivity index (χ3v) is 3.20. The van der Waals surface area contributed by atoms with Gasteiger partial charge in [-0.1, -0.05) is 29.9 Å². The zero-order valence-electron chi connectivity index (χ0n) is 9.05. The van der Waals surface area contributed by atoms with Crippen LogP contribution in [0.3, 0.4) is 0 Å². The molecule has 100 valence electrons. The number of nitrogens with one attached hydrogen (secondary N) is 1. The number of hydrogen-bond donors (Lipinski definition) is 2. The maximum absolute atomic E-state index is 11.9. The molecule has 1 rings (SSSR count). The Bertz CT molecular complexity index is 438. The topological polar surface area (TPSA) is 38.0 Å². The summed E-state index contributed by atoms with van der Waals surface area (Å²) < 4.78 is 35.8. The molecule has 0 saturated heterocycles. The lowest BCUT2D eigenvalue weighted by atomic mass is 10.1. The van der Waals surface area contributed by atoms with E-state index in [0.717, 1.165) is 0 Å². The van der Waals surface area contributed by atoms with E-state index in [0.29, 0.717) is 16.3 Å². The summed E-state index contributed by atoms with van der Waals surface area (Å²) >= 11 is 10.7. The SMILES string of the molecule is NC(=S)c1c(Cl)cccc1NCCSC(F)(F)F. The maximum Gasteiger partial charge on any atom is 0.441 e. The molecular weight excluding hydrogens is 305 g/mol. The standard InChI is InChI=1S/C10H10ClF3N2S2/c11-6-2-1-3-7(8(6)9(15)17)16-4-5-18-10(12,13)14/h1-3,16H,4-5H2,(H2,15,17). The summed E-state index contributed by atoms with van der Waals surface area (Å²) in [5.74, 6) is -0.104. The molecule has 0 fully saturated rings. The Morgan fingerprint density at radius 3 is 2.67 bits per heavy atom. The van der Waals surface area contributed by atoms with Crippen LogP contribution >= 0.6 is 35.6 Å². The first-order valence-corrected chi connectivity index (χ1v) is 6.61. The van der Waals surface area contributed by atoms with Gasteiger partial charge in [0.05, 0.1) is 10.6 Å². The first kappa shape index (κ1) is 15.4. The van der Waals surface area contributed by atoms with Gasteiger partial charge in [0, 0.05) is 18.0 Å². The van der Waals surface area contributed by atoms with Crippen LogP contribution in [0.5, 0.6) is 0 Å². The van der Waals surface area contributed by atoms with Crippen molar-refractivity contribution in [3.63, 3.8) is 0 Å². The van der Waals surface area contributed by atoms with Crippen molar-refractivity contribution in [3.8, 4) is 0 Å². The van der Waals surface area contributed by atoms with Gasteiger partial charge in [0.15, 0.2) is 0 Å². The Kier molecular flexibility index (Phi) is 5.55. The molecule has 1 aromatic rings. The minimum Gasteiger partial charge on any atom is -0.389 e. The molecule has 0 saturated carbocycles. The molecule has 3 N–H and O–H groups in total. The summed E-state index contributed by atoms with van der Waals surface area (Å²) in [5, 5.41) is 3.21. The zero-order chi connectivity index (χ0) is 13.8. The molecule has 0 radical (unpaired) electrons. The molecular formula is C10H10ClF3N2S2. The first-order chi connectivity index (χ1) is 8.31. The highest BCUT2D eigenvalue weighted by Crippen LogP contribution is 2.30. The number of benzene rings is 1. The Balaban J connectivity index is 2.63. The summed E-state index contributed by atoms with van der Waals surface area (Å²) in [7, 11) is 0. The van der Waals surface area contributed by atoms with Crippen LogP contribution in [0.4, 0.5) is 18.9 Å². The summed E-state index contributed by atoms with van der Waals surface area (Å²) in [6, 6.07) is 4.95. The van der Waals surface area contributed by atoms with Crippen molar-refractivity contribution >= 4 is 46.3 Å². The molecule has 18 heavy (non-hydrogen) atoms. The molecule has 0 aliphatic heterocycles. The fourth-order valence-corrected chi connectivity index (χ4v) is 2.26. The Labute approximate surface area is 117 Å². The van der Waals surface area contributed by atoms with E-state index < -0.39 is 5.51 Å². The van der Waals surface area contributed by atoms with Crippen molar-refractivity contribution in [2.45, 2.75) is 5.51 Å². The van der Waals surface area contributed by atoms with Crippen molar-refractivity contribution in [2.24, 2.45) is 5.73 Å². The van der Waals surface area contributed by atoms with Crippen LogP contribution in [0.1, 0.15) is 5.56 Å². The molecule has 0 aromatic heterocycles. The number of anilines is 1. The molecule has 0 bridgehead atoms. The summed E-state index contributed by atoms with van der Waals surface area (Å²) in [6.45, 7) is 0.139. The van der Waals surface area contributed by atoms with Gasteiger partial charge < -0.3 is 11.1 Å². The number of thioether (sulfide) groups is 1. The highest BCUT2D eigenvalue weighted by atomic mass is 35.5. The predicted molar refractivity (Wildman–Crippen MR) is 74.3 cm³/mol. The predicted octanol–water partition coefficient (Wildman–Crippen LogP) is 3.64. The van der Waals surface area contributed by atoms with E-state index in [-0.39, 0.29) is 29.0 Å². The van der Waals surface area contributed by atoms with Gasteiger partial charge in [-0.3, -0.25) is 0 Å². The van der Waals surface area contributed by atoms with E-state index in [1.165, 1.54) is 0 Å². The van der Waals surface area contributed by atoms with Crippen LogP contribution in [0.25, 0.3) is 0 Å². The summed E-state index contributed by atoms with van der Waals surface area (Å²) in [5.41, 5.74) is 2.28. The van der Waals surface area contributed by atoms with Gasteiger partial charge in [0.1, 0.15) is 4.99 Å². The minimum atomic E-state index is -4.22. The molecule has 8 heteroatoms. The monoisotopic (exact) mass is 314 g/mol. The first-order valence-electron chi connectivity index (χ1n) is 4.84. The number of halogens is 4. The van der Waals surface area contributed by atoms with Gasteiger partial charge in [0.2, 0.25) is 0 Å². The van der Waals surface area contributed by atoms with Gasteiger partial charge in [0.25, 0.3) is 0 Å². The van der Waals surface area contributed by atoms with E-state index in [4.69, 9.17) is 29.6 Å². The van der Waals surface area contributed by atoms with Gasteiger partial charge in [-0.2, -0.15) is 13.2 Å². The fraction of sp³-hybridized carbons (Fsp3) is 0.300. The van der Waals surface area contributed by atoms with Gasteiger partial charge in [-0.05, 0) is 23.9 Å². The number of rotatable bonds is 5. The van der Waals surface area contributed by atoms with E-state index in [1.807, 2.05) is 0 Å². The van der Waals surface area contributed by atoms with E-state index in [1.54, 1.807) is 18.2 Å². The average molecular weight is 315 g/mol. The minimum absolute atomic E-state index is 0.0883. The zero-order valence-corrected chi connectivity index (χ0v) is 11.4. The Morgan fingerprint density at radius 1 is 1.44 bits per heavy atom. The fourth-order valence-electron chi connectivity index (χ4n) is 1.27. The molecule has 0 spiro atoms. The summed E-state index contributed by atoms with van der Waals surface area (Å²) in [4.78, 5) is 0.103. The largest absolute Gasteiger partial charge is 0.441 e. The molecule has 0 atom stereocenters. The molecule has 0 aliphatic carbocycles. The molecule has 0 unspecified atom stereocenters. The Hall–Kier alpha value is -0.660. The Morgan fingerprint density at radius 2 is 2.11 bits per heavy atom. The third-order valence-electron chi connectivity index (χ3n) is 1.94. The molecule has 1 aromatic carbocycles. The second-order valence-electron chi connectivity index (χ2n) is 3.25. The van der Waals surface area contributed by atoms with Gasteiger partial charge >= 0.3 is 5.51 Å². The number of nitrogens with two attached hydrogens (primary N) is 1. The van der Waals surface area contributed by atoms with Crippen molar-refractivity contribution in [1.82, 2.24) is 0 Å². The lowest BCUT2D eigenvalue weighted by Gasteiger charge is -2.12. The van der Waals surface area contributed by atoms with Crippen molar-refractivity contribution in [2.75, 3.05) is 17.6 Å². The highest BCUT2D eigenvalue weighted by molar-refractivity contribution is 8.00. The number of hydrogen-bond acceptors (Lipinski definition) is 3. The average Bonchev–Trinajstić information content (AvgIpc) is 2.22. The maximum atomic E-state index is 11.9. The smallest absolute Gasteiger partial charge is 0.389 e. The van der Waals surface area contributed by atoms with Crippen molar-refractivity contribution < 1.29 is 13.2 Å². The number of alkyl halides is 3. The van der Waals surface area contributed by atoms with Gasteiger partial charge in [-0.15, -0.1) is 0 Å². The van der Waals surface area contributed by atoms with Crippen LogP contribution in [0, 0.1) is 0 Å². The normalized spacial score (nSPS) is 11.3. The van der Waals surface area contributed by atoms with Crippen molar-refractivity contribution in [3.05, 3.63) is 28.8 Å². The molecule has 0 amide bonds. The molecule has 2 nitrogen and oxygen atoms in total. The van der Waals surface area contributed by atoms with E-state index in [2.05, 4.69) is 5.32 Å². The molecule has 0 heterocycles. The number of thiocarbonyl (C=S) groups is 1. The highest BCUT2D eigenvalue weighted by Gasteiger charge is 2.27.